The van der Waals surface area contributed by atoms with Crippen molar-refractivity contribution in [1.82, 2.24) is 25.0 Å². The van der Waals surface area contributed by atoms with Crippen LogP contribution in [0.3, 0.4) is 0 Å². The maximum absolute atomic E-state index is 11.5. The maximum atomic E-state index is 11.5. The molecule has 0 aliphatic rings. The van der Waals surface area contributed by atoms with Gasteiger partial charge in [-0.25, -0.2) is 14.8 Å². The summed E-state index contributed by atoms with van der Waals surface area (Å²) in [5, 5.41) is 8.26. The summed E-state index contributed by atoms with van der Waals surface area (Å²) in [4.78, 5) is 19.4. The van der Waals surface area contributed by atoms with Crippen molar-refractivity contribution < 1.29 is 9.53 Å². The van der Waals surface area contributed by atoms with Gasteiger partial charge in [0.25, 0.3) is 0 Å². The molecule has 0 saturated heterocycles. The van der Waals surface area contributed by atoms with Crippen molar-refractivity contribution in [2.45, 2.75) is 0 Å². The molecule has 0 N–H and O–H groups in total. The average Bonchev–Trinajstić information content (AvgIpc) is 2.91. The van der Waals surface area contributed by atoms with Gasteiger partial charge < -0.3 is 4.74 Å². The van der Waals surface area contributed by atoms with Crippen LogP contribution in [-0.2, 0) is 4.74 Å². The Balaban J connectivity index is 2.21. The van der Waals surface area contributed by atoms with Crippen LogP contribution in [0.1, 0.15) is 10.6 Å². The van der Waals surface area contributed by atoms with Crippen LogP contribution < -0.4 is 0 Å². The van der Waals surface area contributed by atoms with E-state index in [2.05, 4.69) is 25.0 Å². The van der Waals surface area contributed by atoms with Gasteiger partial charge in [-0.15, -0.1) is 5.10 Å². The first kappa shape index (κ1) is 12.5. The Morgan fingerprint density at radius 3 is 2.95 bits per heavy atom. The molecule has 0 radical (unpaired) electrons. The van der Waals surface area contributed by atoms with Gasteiger partial charge in [0.05, 0.1) is 18.8 Å². The third-order valence-corrected chi connectivity index (χ3v) is 2.91. The Morgan fingerprint density at radius 1 is 1.35 bits per heavy atom. The second-order valence-corrected chi connectivity index (χ2v) is 4.25. The van der Waals surface area contributed by atoms with Crippen LogP contribution in [0.4, 0.5) is 0 Å². The smallest absolute Gasteiger partial charge is 0.376 e. The van der Waals surface area contributed by atoms with Crippen molar-refractivity contribution in [2.75, 3.05) is 7.11 Å². The van der Waals surface area contributed by atoms with Crippen LogP contribution in [-0.4, -0.2) is 38.0 Å². The predicted octanol–water partition coefficient (Wildman–Crippen LogP) is 1.65. The monoisotopic (exact) mass is 289 g/mol. The zero-order chi connectivity index (χ0) is 14.1. The third-order valence-electron chi connectivity index (χ3n) is 2.65. The molecule has 0 aliphatic carbocycles. The Bertz CT molecular complexity index is 801. The van der Waals surface area contributed by atoms with Crippen LogP contribution in [0.25, 0.3) is 16.9 Å². The van der Waals surface area contributed by atoms with Crippen molar-refractivity contribution in [1.29, 1.82) is 0 Å². The largest absolute Gasteiger partial charge is 0.463 e. The quantitative estimate of drug-likeness (QED) is 0.667. The van der Waals surface area contributed by atoms with Crippen LogP contribution in [0.15, 0.2) is 30.5 Å². The Kier molecular flexibility index (Phi) is 3.03. The number of carbonyl (C=O) groups is 1. The van der Waals surface area contributed by atoms with E-state index < -0.39 is 5.97 Å². The number of hydrogen-bond acceptors (Lipinski definition) is 6. The number of methoxy groups -OCH3 is 1. The number of ether oxygens (including phenoxy) is 1. The molecule has 0 atom stereocenters. The van der Waals surface area contributed by atoms with Gasteiger partial charge in [0.15, 0.2) is 5.82 Å². The van der Waals surface area contributed by atoms with E-state index in [0.29, 0.717) is 5.52 Å². The second-order valence-electron chi connectivity index (χ2n) is 3.85. The minimum absolute atomic E-state index is 0.0912. The van der Waals surface area contributed by atoms with Gasteiger partial charge in [0.1, 0.15) is 10.5 Å². The Labute approximate surface area is 118 Å². The number of aromatic nitrogens is 5. The summed E-state index contributed by atoms with van der Waals surface area (Å²) in [6.07, 6.45) is 1.33. The van der Waals surface area contributed by atoms with E-state index in [9.17, 15) is 4.79 Å². The molecule has 0 unspecified atom stereocenters. The number of rotatable bonds is 2. The number of para-hydroxylation sites is 1. The van der Waals surface area contributed by atoms with Gasteiger partial charge in [-0.05, 0) is 12.1 Å². The van der Waals surface area contributed by atoms with Crippen molar-refractivity contribution in [3.63, 3.8) is 0 Å². The predicted molar refractivity (Wildman–Crippen MR) is 70.8 cm³/mol. The van der Waals surface area contributed by atoms with E-state index in [-0.39, 0.29) is 16.7 Å². The zero-order valence-electron chi connectivity index (χ0n) is 10.3. The van der Waals surface area contributed by atoms with Gasteiger partial charge in [-0.2, -0.15) is 4.68 Å². The molecule has 8 heteroatoms. The van der Waals surface area contributed by atoms with Crippen LogP contribution in [0.2, 0.25) is 5.02 Å². The standard InChI is InChI=1S/C12H8ClN5O2/c1-20-12(19)10-14-6-7(13)11(15-10)18-9-5-3-2-4-8(9)16-17-18/h2-6H,1H3. The lowest BCUT2D eigenvalue weighted by Crippen LogP contribution is -2.11. The molecule has 0 fully saturated rings. The van der Waals surface area contributed by atoms with Gasteiger partial charge in [0.2, 0.25) is 5.82 Å². The fourth-order valence-electron chi connectivity index (χ4n) is 1.72. The van der Waals surface area contributed by atoms with E-state index in [1.54, 1.807) is 0 Å². The number of benzene rings is 1. The van der Waals surface area contributed by atoms with Gasteiger partial charge in [0, 0.05) is 0 Å². The van der Waals surface area contributed by atoms with Gasteiger partial charge in [-0.1, -0.05) is 28.9 Å². The first-order valence-electron chi connectivity index (χ1n) is 5.62. The van der Waals surface area contributed by atoms with E-state index in [0.717, 1.165) is 5.52 Å². The number of nitrogens with zero attached hydrogens (tertiary/aromatic N) is 5. The molecule has 2 heterocycles. The molecule has 0 aliphatic heterocycles. The van der Waals surface area contributed by atoms with Crippen LogP contribution >= 0.6 is 11.6 Å². The van der Waals surface area contributed by atoms with Crippen molar-refractivity contribution in [2.24, 2.45) is 0 Å². The summed E-state index contributed by atoms with van der Waals surface area (Å²) in [5.41, 5.74) is 1.42. The molecule has 1 aromatic carbocycles. The summed E-state index contributed by atoms with van der Waals surface area (Å²) >= 11 is 6.07. The Morgan fingerprint density at radius 2 is 2.15 bits per heavy atom. The summed E-state index contributed by atoms with van der Waals surface area (Å²) < 4.78 is 6.03. The molecular weight excluding hydrogens is 282 g/mol. The highest BCUT2D eigenvalue weighted by Gasteiger charge is 2.16. The SMILES string of the molecule is COC(=O)c1ncc(Cl)c(-n2nnc3ccccc32)n1. The molecule has 7 nitrogen and oxygen atoms in total. The van der Waals surface area contributed by atoms with Gasteiger partial charge >= 0.3 is 5.97 Å². The number of esters is 1. The van der Waals surface area contributed by atoms with E-state index in [1.807, 2.05) is 24.3 Å². The minimum atomic E-state index is -0.646. The highest BCUT2D eigenvalue weighted by Crippen LogP contribution is 2.20. The number of fused-ring (bicyclic) bond motifs is 1. The van der Waals surface area contributed by atoms with Crippen molar-refractivity contribution >= 4 is 28.6 Å². The van der Waals surface area contributed by atoms with Crippen LogP contribution in [0.5, 0.6) is 0 Å². The highest BCUT2D eigenvalue weighted by molar-refractivity contribution is 6.32. The molecular formula is C12H8ClN5O2. The van der Waals surface area contributed by atoms with E-state index in [1.165, 1.54) is 18.0 Å². The first-order chi connectivity index (χ1) is 9.70. The summed E-state index contributed by atoms with van der Waals surface area (Å²) in [6, 6.07) is 7.34. The van der Waals surface area contributed by atoms with Crippen LogP contribution in [0, 0.1) is 0 Å². The summed E-state index contributed by atoms with van der Waals surface area (Å²) in [6.45, 7) is 0. The number of hydrogen-bond donors (Lipinski definition) is 0. The lowest BCUT2D eigenvalue weighted by atomic mass is 10.3. The lowest BCUT2D eigenvalue weighted by Gasteiger charge is -2.05. The molecule has 3 rings (SSSR count). The fraction of sp³-hybridized carbons (Fsp3) is 0.0833. The third kappa shape index (κ3) is 1.97. The molecule has 3 aromatic rings. The highest BCUT2D eigenvalue weighted by atomic mass is 35.5. The van der Waals surface area contributed by atoms with Crippen molar-refractivity contribution in [3.8, 4) is 5.82 Å². The van der Waals surface area contributed by atoms with Gasteiger partial charge in [-0.3, -0.25) is 0 Å². The van der Waals surface area contributed by atoms with E-state index >= 15 is 0 Å². The lowest BCUT2D eigenvalue weighted by molar-refractivity contribution is 0.0586. The summed E-state index contributed by atoms with van der Waals surface area (Å²) in [5.74, 6) is -0.463. The first-order valence-corrected chi connectivity index (χ1v) is 6.00. The van der Waals surface area contributed by atoms with Crippen molar-refractivity contribution in [3.05, 3.63) is 41.3 Å². The fourth-order valence-corrected chi connectivity index (χ4v) is 1.89. The minimum Gasteiger partial charge on any atom is -0.463 e. The number of halogens is 1. The zero-order valence-corrected chi connectivity index (χ0v) is 11.1. The summed E-state index contributed by atoms with van der Waals surface area (Å²) in [7, 11) is 1.25. The molecule has 0 amide bonds. The average molecular weight is 290 g/mol. The Hall–Kier alpha value is -2.54. The topological polar surface area (TPSA) is 82.8 Å². The van der Waals surface area contributed by atoms with E-state index in [4.69, 9.17) is 11.6 Å². The second kappa shape index (κ2) is 4.86. The molecule has 2 aromatic heterocycles. The molecule has 100 valence electrons. The number of carbonyl (C=O) groups excluding carboxylic acids is 1. The molecule has 20 heavy (non-hydrogen) atoms. The molecule has 0 bridgehead atoms. The maximum Gasteiger partial charge on any atom is 0.376 e. The molecule has 0 saturated carbocycles. The normalized spacial score (nSPS) is 10.7. The molecule has 0 spiro atoms.